The largest absolute Gasteiger partial charge is 0.393 e. The molecule has 0 radical (unpaired) electrons. The fraction of sp³-hybridized carbons (Fsp3) is 0.550. The van der Waals surface area contributed by atoms with E-state index in [4.69, 9.17) is 4.74 Å². The van der Waals surface area contributed by atoms with Gasteiger partial charge in [0.2, 0.25) is 0 Å². The van der Waals surface area contributed by atoms with Gasteiger partial charge in [0.1, 0.15) is 5.60 Å². The van der Waals surface area contributed by atoms with Crippen molar-refractivity contribution < 1.29 is 24.9 Å². The highest BCUT2D eigenvalue weighted by Gasteiger charge is 2.76. The molecule has 3 fully saturated rings. The summed E-state index contributed by atoms with van der Waals surface area (Å²) >= 11 is 0. The van der Waals surface area contributed by atoms with E-state index in [9.17, 15) is 20.1 Å². The monoisotopic (exact) mass is 616 g/mol. The SMILES string of the molecule is C\C(C=C=C1C(C)(C)CC(O)CC1(C)O)=C/C=C/C(C)=C/C=C/C=C(C)/C=C/C=C(\C)C(=O)CC12OC1(C)CC(O)CC2(C)C. The minimum Gasteiger partial charge on any atom is -0.393 e. The number of carbonyl (C=O) groups is 1. The summed E-state index contributed by atoms with van der Waals surface area (Å²) in [4.78, 5) is 13.1. The molecule has 3 aliphatic rings. The van der Waals surface area contributed by atoms with E-state index < -0.39 is 22.9 Å². The normalized spacial score (nSPS) is 33.9. The molecule has 1 saturated heterocycles. The van der Waals surface area contributed by atoms with E-state index in [0.29, 0.717) is 37.7 Å². The smallest absolute Gasteiger partial charge is 0.161 e. The summed E-state index contributed by atoms with van der Waals surface area (Å²) in [5.74, 6) is 0.0863. The quantitative estimate of drug-likeness (QED) is 0.0998. The minimum atomic E-state index is -1.07. The number of hydrogen-bond acceptors (Lipinski definition) is 5. The van der Waals surface area contributed by atoms with Crippen molar-refractivity contribution in [1.29, 1.82) is 0 Å². The van der Waals surface area contributed by atoms with Gasteiger partial charge in [-0.1, -0.05) is 99.6 Å². The molecule has 1 heterocycles. The van der Waals surface area contributed by atoms with E-state index in [1.165, 1.54) is 0 Å². The molecule has 1 aliphatic heterocycles. The number of ketones is 1. The van der Waals surface area contributed by atoms with Crippen molar-refractivity contribution in [3.8, 4) is 0 Å². The molecule has 3 rings (SSSR count). The van der Waals surface area contributed by atoms with E-state index in [-0.39, 0.29) is 22.7 Å². The van der Waals surface area contributed by atoms with Gasteiger partial charge in [0.15, 0.2) is 5.78 Å². The summed E-state index contributed by atoms with van der Waals surface area (Å²) in [7, 11) is 0. The maximum Gasteiger partial charge on any atom is 0.161 e. The Balaban J connectivity index is 1.53. The summed E-state index contributed by atoms with van der Waals surface area (Å²) in [5.41, 5.74) is 5.48. The van der Waals surface area contributed by atoms with Gasteiger partial charge in [-0.2, -0.15) is 0 Å². The highest BCUT2D eigenvalue weighted by atomic mass is 16.6. The van der Waals surface area contributed by atoms with Crippen molar-refractivity contribution in [3.63, 3.8) is 0 Å². The van der Waals surface area contributed by atoms with Gasteiger partial charge in [-0.25, -0.2) is 0 Å². The van der Waals surface area contributed by atoms with Crippen LogP contribution in [0.25, 0.3) is 0 Å². The van der Waals surface area contributed by atoms with E-state index in [1.54, 1.807) is 6.92 Å². The molecule has 5 nitrogen and oxygen atoms in total. The number of aliphatic hydroxyl groups excluding tert-OH is 2. The first-order valence-electron chi connectivity index (χ1n) is 16.2. The molecular weight excluding hydrogens is 560 g/mol. The van der Waals surface area contributed by atoms with Crippen LogP contribution in [0.2, 0.25) is 0 Å². The van der Waals surface area contributed by atoms with Crippen LogP contribution >= 0.6 is 0 Å². The fourth-order valence-electron chi connectivity index (χ4n) is 7.48. The average molecular weight is 617 g/mol. The second-order valence-electron chi connectivity index (χ2n) is 15.3. The number of carbonyl (C=O) groups excluding carboxylic acids is 1. The third-order valence-electron chi connectivity index (χ3n) is 9.82. The second-order valence-corrected chi connectivity index (χ2v) is 15.3. The van der Waals surface area contributed by atoms with Crippen LogP contribution < -0.4 is 0 Å². The molecule has 2 saturated carbocycles. The van der Waals surface area contributed by atoms with E-state index >= 15 is 0 Å². The van der Waals surface area contributed by atoms with Crippen LogP contribution in [0, 0.1) is 10.8 Å². The van der Waals surface area contributed by atoms with Gasteiger partial charge in [-0.15, -0.1) is 5.73 Å². The molecule has 0 amide bonds. The molecule has 0 aromatic carbocycles. The maximum atomic E-state index is 13.1. The zero-order valence-electron chi connectivity index (χ0n) is 29.2. The lowest BCUT2D eigenvalue weighted by Gasteiger charge is -2.43. The number of epoxide rings is 1. The highest BCUT2D eigenvalue weighted by Crippen LogP contribution is 2.67. The van der Waals surface area contributed by atoms with Crippen molar-refractivity contribution in [1.82, 2.24) is 0 Å². The number of rotatable bonds is 10. The Morgan fingerprint density at radius 3 is 1.87 bits per heavy atom. The Morgan fingerprint density at radius 1 is 0.778 bits per heavy atom. The number of ether oxygens (including phenoxy) is 1. The van der Waals surface area contributed by atoms with Crippen molar-refractivity contribution in [3.05, 3.63) is 100 Å². The van der Waals surface area contributed by atoms with Gasteiger partial charge in [-0.3, -0.25) is 4.79 Å². The van der Waals surface area contributed by atoms with Gasteiger partial charge < -0.3 is 20.1 Å². The van der Waals surface area contributed by atoms with Gasteiger partial charge in [0.25, 0.3) is 0 Å². The van der Waals surface area contributed by atoms with E-state index in [1.807, 2.05) is 115 Å². The lowest BCUT2D eigenvalue weighted by atomic mass is 9.61. The zero-order chi connectivity index (χ0) is 33.8. The third kappa shape index (κ3) is 8.93. The molecule has 5 heteroatoms. The molecule has 0 aromatic heterocycles. The molecule has 5 atom stereocenters. The fourth-order valence-corrected chi connectivity index (χ4v) is 7.48. The van der Waals surface area contributed by atoms with Gasteiger partial charge in [0.05, 0.1) is 23.4 Å². The maximum absolute atomic E-state index is 13.1. The number of aliphatic hydroxyl groups is 3. The number of Topliss-reactive ketones (excluding diaryl/α,β-unsaturated/α-hetero) is 1. The van der Waals surface area contributed by atoms with E-state index in [0.717, 1.165) is 22.3 Å². The number of hydrogen-bond donors (Lipinski definition) is 3. The number of allylic oxidation sites excluding steroid dienone is 14. The average Bonchev–Trinajstić information content (AvgIpc) is 3.49. The Kier molecular flexibility index (Phi) is 11.3. The van der Waals surface area contributed by atoms with Crippen LogP contribution in [0.4, 0.5) is 0 Å². The van der Waals surface area contributed by atoms with E-state index in [2.05, 4.69) is 19.6 Å². The molecule has 2 aliphatic carbocycles. The Hall–Kier alpha value is -2.79. The standard InChI is InChI=1S/C40H56O5/c1-28(17-13-18-30(3)21-22-35-36(5,6)23-32(41)25-38(35,9)44)15-11-12-16-29(2)19-14-20-31(4)34(43)27-40-37(7,8)24-33(42)26-39(40,10)45-40/h11-21,32-33,41-42,44H,23-27H2,1-10H3/b12-11+,17-13+,19-14+,28-15+,29-16+,30-18+,31-20+. The topological polar surface area (TPSA) is 90.3 Å². The van der Waals surface area contributed by atoms with Crippen LogP contribution in [-0.4, -0.2) is 50.1 Å². The molecule has 3 N–H and O–H groups in total. The van der Waals surface area contributed by atoms with Crippen LogP contribution in [0.1, 0.15) is 101 Å². The first-order valence-corrected chi connectivity index (χ1v) is 16.2. The van der Waals surface area contributed by atoms with Crippen LogP contribution in [0.3, 0.4) is 0 Å². The van der Waals surface area contributed by atoms with Crippen molar-refractivity contribution in [2.45, 2.75) is 130 Å². The Labute approximate surface area is 271 Å². The summed E-state index contributed by atoms with van der Waals surface area (Å²) in [6.45, 7) is 20.0. The molecule has 246 valence electrons. The van der Waals surface area contributed by atoms with Crippen molar-refractivity contribution in [2.75, 3.05) is 0 Å². The lowest BCUT2D eigenvalue weighted by molar-refractivity contribution is -0.118. The van der Waals surface area contributed by atoms with Crippen molar-refractivity contribution >= 4 is 5.78 Å². The molecule has 0 bridgehead atoms. The first kappa shape index (κ1) is 36.7. The van der Waals surface area contributed by atoms with Gasteiger partial charge in [0, 0.05) is 24.8 Å². The zero-order valence-corrected chi connectivity index (χ0v) is 29.2. The summed E-state index contributed by atoms with van der Waals surface area (Å²) in [6.07, 6.45) is 23.4. The highest BCUT2D eigenvalue weighted by molar-refractivity contribution is 5.96. The summed E-state index contributed by atoms with van der Waals surface area (Å²) < 4.78 is 6.18. The molecule has 5 unspecified atom stereocenters. The van der Waals surface area contributed by atoms with Crippen LogP contribution in [0.15, 0.2) is 100 Å². The van der Waals surface area contributed by atoms with Gasteiger partial charge >= 0.3 is 0 Å². The van der Waals surface area contributed by atoms with Gasteiger partial charge in [-0.05, 0) is 82.4 Å². The number of fused-ring (bicyclic) bond motifs is 1. The molecule has 45 heavy (non-hydrogen) atoms. The molecular formula is C40H56O5. The summed E-state index contributed by atoms with van der Waals surface area (Å²) in [5, 5.41) is 31.2. The van der Waals surface area contributed by atoms with Crippen LogP contribution in [-0.2, 0) is 9.53 Å². The third-order valence-corrected chi connectivity index (χ3v) is 9.82. The Morgan fingerprint density at radius 2 is 1.31 bits per heavy atom. The van der Waals surface area contributed by atoms with Crippen LogP contribution in [0.5, 0.6) is 0 Å². The summed E-state index contributed by atoms with van der Waals surface area (Å²) in [6, 6.07) is 0. The lowest BCUT2D eigenvalue weighted by Crippen LogP contribution is -2.48. The minimum absolute atomic E-state index is 0.0863. The molecule has 0 aromatic rings. The first-order chi connectivity index (χ1) is 20.7. The predicted molar refractivity (Wildman–Crippen MR) is 185 cm³/mol. The second kappa shape index (κ2) is 13.9. The predicted octanol–water partition coefficient (Wildman–Crippen LogP) is 8.12. The van der Waals surface area contributed by atoms with Crippen molar-refractivity contribution in [2.24, 2.45) is 10.8 Å². The Bertz CT molecular complexity index is 1400. The molecule has 0 spiro atoms.